The maximum Gasteiger partial charge on any atom is 0.332 e. The smallest absolute Gasteiger partial charge is 0.332 e. The number of nitrogens with one attached hydrogen (secondary N) is 1. The largest absolute Gasteiger partial charge is 0.351 e. The molecule has 0 bridgehead atoms. The van der Waals surface area contributed by atoms with Gasteiger partial charge in [0.05, 0.1) is 5.75 Å². The van der Waals surface area contributed by atoms with Crippen LogP contribution in [0.4, 0.5) is 4.79 Å². The molecule has 0 saturated carbocycles. The molecule has 0 fully saturated rings. The summed E-state index contributed by atoms with van der Waals surface area (Å²) in [7, 11) is 1.41. The third-order valence-electron chi connectivity index (χ3n) is 4.50. The molecule has 0 aliphatic carbocycles. The first-order chi connectivity index (χ1) is 14.3. The van der Waals surface area contributed by atoms with E-state index >= 15 is 0 Å². The van der Waals surface area contributed by atoms with E-state index in [2.05, 4.69) is 16.9 Å². The Morgan fingerprint density at radius 3 is 2.47 bits per heavy atom. The number of amides is 3. The first kappa shape index (κ1) is 23.6. The van der Waals surface area contributed by atoms with Crippen LogP contribution in [0.1, 0.15) is 51.8 Å². The maximum absolute atomic E-state index is 12.8. The zero-order valence-electron chi connectivity index (χ0n) is 17.6. The number of fused-ring (bicyclic) bond motifs is 1. The number of carbonyl (C=O) groups excluding carboxylic acids is 2. The van der Waals surface area contributed by atoms with E-state index in [1.54, 1.807) is 0 Å². The number of nitrogens with two attached hydrogens (primary N) is 1. The lowest BCUT2D eigenvalue weighted by Gasteiger charge is -2.14. The fourth-order valence-corrected chi connectivity index (χ4v) is 3.87. The summed E-state index contributed by atoms with van der Waals surface area (Å²) in [5.74, 6) is -0.225. The molecule has 0 atom stereocenters. The van der Waals surface area contributed by atoms with Gasteiger partial charge in [-0.3, -0.25) is 24.0 Å². The van der Waals surface area contributed by atoms with Crippen LogP contribution in [0.5, 0.6) is 0 Å². The summed E-state index contributed by atoms with van der Waals surface area (Å²) in [6, 6.07) is -0.947. The number of carbonyl (C=O) groups is 2. The van der Waals surface area contributed by atoms with Crippen molar-refractivity contribution in [3.8, 4) is 0 Å². The fourth-order valence-electron chi connectivity index (χ4n) is 3.04. The molecule has 0 saturated heterocycles. The standard InChI is InChI=1S/C19H28N6O4S/c1-4-6-7-8-9-12-21-15-14(16(22-12)30-11-13(26)23-18(20)28)17(27)24(3)19(29)25(15)10-5-2/h4-11H2,1-3H3,(H3,20,23,26,28). The number of rotatable bonds is 10. The number of urea groups is 1. The van der Waals surface area contributed by atoms with E-state index in [0.29, 0.717) is 30.2 Å². The monoisotopic (exact) mass is 436 g/mol. The molecule has 0 aliphatic rings. The highest BCUT2D eigenvalue weighted by atomic mass is 32.2. The molecule has 10 nitrogen and oxygen atoms in total. The van der Waals surface area contributed by atoms with E-state index in [1.807, 2.05) is 12.2 Å². The quantitative estimate of drug-likeness (QED) is 0.325. The highest BCUT2D eigenvalue weighted by Crippen LogP contribution is 2.23. The lowest BCUT2D eigenvalue weighted by Crippen LogP contribution is -2.39. The van der Waals surface area contributed by atoms with Crippen LogP contribution >= 0.6 is 11.8 Å². The second kappa shape index (κ2) is 10.9. The van der Waals surface area contributed by atoms with Gasteiger partial charge in [0.25, 0.3) is 5.56 Å². The zero-order chi connectivity index (χ0) is 22.3. The van der Waals surface area contributed by atoms with Gasteiger partial charge in [0.2, 0.25) is 5.91 Å². The summed E-state index contributed by atoms with van der Waals surface area (Å²) in [6.45, 7) is 4.46. The Bertz CT molecular complexity index is 1050. The molecule has 0 aromatic carbocycles. The molecular formula is C19H28N6O4S. The molecule has 2 aromatic rings. The molecule has 3 amide bonds. The van der Waals surface area contributed by atoms with Gasteiger partial charge in [-0.1, -0.05) is 44.9 Å². The van der Waals surface area contributed by atoms with Crippen molar-refractivity contribution in [3.63, 3.8) is 0 Å². The Labute approximate surface area is 178 Å². The number of nitrogens with zero attached hydrogens (tertiary/aromatic N) is 4. The van der Waals surface area contributed by atoms with Gasteiger partial charge < -0.3 is 5.73 Å². The van der Waals surface area contributed by atoms with E-state index in [1.165, 1.54) is 11.6 Å². The normalized spacial score (nSPS) is 11.0. The molecule has 0 spiro atoms. The molecule has 0 unspecified atom stereocenters. The number of primary amides is 1. The van der Waals surface area contributed by atoms with Gasteiger partial charge >= 0.3 is 11.7 Å². The predicted octanol–water partition coefficient (Wildman–Crippen LogP) is 1.31. The van der Waals surface area contributed by atoms with Crippen LogP contribution in [-0.2, 0) is 24.8 Å². The Hall–Kier alpha value is -2.69. The Kier molecular flexibility index (Phi) is 8.58. The number of aryl methyl sites for hydroxylation is 2. The molecule has 164 valence electrons. The summed E-state index contributed by atoms with van der Waals surface area (Å²) >= 11 is 1.01. The van der Waals surface area contributed by atoms with Crippen molar-refractivity contribution in [2.24, 2.45) is 12.8 Å². The van der Waals surface area contributed by atoms with E-state index < -0.39 is 23.2 Å². The molecule has 2 heterocycles. The summed E-state index contributed by atoms with van der Waals surface area (Å²) < 4.78 is 2.50. The van der Waals surface area contributed by atoms with Crippen LogP contribution in [-0.4, -0.2) is 36.8 Å². The Morgan fingerprint density at radius 2 is 1.83 bits per heavy atom. The van der Waals surface area contributed by atoms with E-state index in [0.717, 1.165) is 42.0 Å². The number of hydrogen-bond donors (Lipinski definition) is 2. The number of imide groups is 1. The highest BCUT2D eigenvalue weighted by Gasteiger charge is 2.19. The number of hydrogen-bond acceptors (Lipinski definition) is 7. The van der Waals surface area contributed by atoms with Gasteiger partial charge in [-0.15, -0.1) is 0 Å². The van der Waals surface area contributed by atoms with E-state index in [9.17, 15) is 19.2 Å². The third kappa shape index (κ3) is 5.68. The lowest BCUT2D eigenvalue weighted by molar-refractivity contribution is -0.117. The van der Waals surface area contributed by atoms with Crippen LogP contribution in [0, 0.1) is 0 Å². The second-order valence-corrected chi connectivity index (χ2v) is 7.92. The minimum Gasteiger partial charge on any atom is -0.351 e. The summed E-state index contributed by atoms with van der Waals surface area (Å²) in [5.41, 5.74) is 4.30. The van der Waals surface area contributed by atoms with Crippen LogP contribution in [0.2, 0.25) is 0 Å². The van der Waals surface area contributed by atoms with Crippen molar-refractivity contribution < 1.29 is 9.59 Å². The molecule has 0 aliphatic heterocycles. The number of unbranched alkanes of at least 4 members (excludes halogenated alkanes) is 3. The van der Waals surface area contributed by atoms with Crippen LogP contribution in [0.3, 0.4) is 0 Å². The fraction of sp³-hybridized carbons (Fsp3) is 0.579. The van der Waals surface area contributed by atoms with Crippen LogP contribution in [0.15, 0.2) is 14.6 Å². The van der Waals surface area contributed by atoms with Crippen molar-refractivity contribution in [3.05, 3.63) is 26.7 Å². The topological polar surface area (TPSA) is 142 Å². The molecule has 2 rings (SSSR count). The Morgan fingerprint density at radius 1 is 1.10 bits per heavy atom. The van der Waals surface area contributed by atoms with Gasteiger partial charge in [0.1, 0.15) is 16.2 Å². The van der Waals surface area contributed by atoms with Crippen molar-refractivity contribution in [2.75, 3.05) is 5.75 Å². The van der Waals surface area contributed by atoms with Gasteiger partial charge in [-0.25, -0.2) is 19.6 Å². The average molecular weight is 437 g/mol. The predicted molar refractivity (Wildman–Crippen MR) is 116 cm³/mol. The SMILES string of the molecule is CCCCCCc1nc(SCC(=O)NC(N)=O)c2c(=O)n(C)c(=O)n(CCC)c2n1. The van der Waals surface area contributed by atoms with E-state index in [-0.39, 0.29) is 16.8 Å². The minimum absolute atomic E-state index is 0.152. The van der Waals surface area contributed by atoms with Crippen molar-refractivity contribution >= 4 is 34.7 Å². The molecule has 3 N–H and O–H groups in total. The first-order valence-corrected chi connectivity index (χ1v) is 11.0. The zero-order valence-corrected chi connectivity index (χ0v) is 18.4. The molecule has 2 aromatic heterocycles. The van der Waals surface area contributed by atoms with Crippen LogP contribution < -0.4 is 22.3 Å². The van der Waals surface area contributed by atoms with Crippen molar-refractivity contribution in [2.45, 2.75) is 63.9 Å². The maximum atomic E-state index is 12.8. The average Bonchev–Trinajstić information content (AvgIpc) is 2.70. The molecule has 0 radical (unpaired) electrons. The van der Waals surface area contributed by atoms with E-state index in [4.69, 9.17) is 5.73 Å². The summed E-state index contributed by atoms with van der Waals surface area (Å²) in [5, 5.41) is 2.50. The number of thioether (sulfide) groups is 1. The molecular weight excluding hydrogens is 408 g/mol. The van der Waals surface area contributed by atoms with Gasteiger partial charge in [0.15, 0.2) is 5.65 Å². The van der Waals surface area contributed by atoms with Gasteiger partial charge in [0, 0.05) is 20.0 Å². The van der Waals surface area contributed by atoms with Crippen molar-refractivity contribution in [1.82, 2.24) is 24.4 Å². The number of aromatic nitrogens is 4. The molecule has 30 heavy (non-hydrogen) atoms. The Balaban J connectivity index is 2.56. The second-order valence-electron chi connectivity index (χ2n) is 6.95. The summed E-state index contributed by atoms with van der Waals surface area (Å²) in [6.07, 6.45) is 5.40. The van der Waals surface area contributed by atoms with Gasteiger partial charge in [-0.05, 0) is 12.8 Å². The first-order valence-electron chi connectivity index (χ1n) is 10.0. The van der Waals surface area contributed by atoms with Gasteiger partial charge in [-0.2, -0.15) is 0 Å². The highest BCUT2D eigenvalue weighted by molar-refractivity contribution is 8.00. The molecule has 11 heteroatoms. The lowest BCUT2D eigenvalue weighted by atomic mass is 10.1. The van der Waals surface area contributed by atoms with Crippen LogP contribution in [0.25, 0.3) is 11.0 Å². The third-order valence-corrected chi connectivity index (χ3v) is 5.47. The minimum atomic E-state index is -0.947. The van der Waals surface area contributed by atoms with Crippen molar-refractivity contribution in [1.29, 1.82) is 0 Å². The summed E-state index contributed by atoms with van der Waals surface area (Å²) in [4.78, 5) is 57.3.